The average Bonchev–Trinajstić information content (AvgIpc) is 2.33. The van der Waals surface area contributed by atoms with Crippen LogP contribution in [0.3, 0.4) is 0 Å². The van der Waals surface area contributed by atoms with Gasteiger partial charge in [-0.05, 0) is 48.7 Å². The number of para-hydroxylation sites is 1. The molecule has 2 rings (SSSR count). The van der Waals surface area contributed by atoms with Gasteiger partial charge in [0.1, 0.15) is 5.82 Å². The number of aryl methyl sites for hydroxylation is 2. The lowest BCUT2D eigenvalue weighted by Crippen LogP contribution is -2.18. The van der Waals surface area contributed by atoms with E-state index >= 15 is 0 Å². The van der Waals surface area contributed by atoms with Gasteiger partial charge < -0.3 is 10.6 Å². The molecule has 0 atom stereocenters. The summed E-state index contributed by atoms with van der Waals surface area (Å²) in [5.74, 6) is -0.355. The third kappa shape index (κ3) is 3.05. The lowest BCUT2D eigenvalue weighted by Gasteiger charge is -2.21. The van der Waals surface area contributed by atoms with Crippen molar-refractivity contribution in [1.82, 2.24) is 0 Å². The van der Waals surface area contributed by atoms with Crippen LogP contribution < -0.4 is 10.6 Å². The van der Waals surface area contributed by atoms with Crippen molar-refractivity contribution in [3.63, 3.8) is 0 Å². The smallest absolute Gasteiger partial charge is 0.146 e. The summed E-state index contributed by atoms with van der Waals surface area (Å²) < 4.78 is 13.4. The Labute approximate surface area is 113 Å². The van der Waals surface area contributed by atoms with Crippen molar-refractivity contribution in [2.45, 2.75) is 20.4 Å². The number of hydrogen-bond donors (Lipinski definition) is 1. The lowest BCUT2D eigenvalue weighted by atomic mass is 10.1. The Morgan fingerprint density at radius 3 is 2.37 bits per heavy atom. The van der Waals surface area contributed by atoms with E-state index in [9.17, 15) is 4.39 Å². The Bertz CT molecular complexity index is 573. The summed E-state index contributed by atoms with van der Waals surface area (Å²) in [6.07, 6.45) is 0. The number of nitrogens with zero attached hydrogens (tertiary/aromatic N) is 1. The number of nitrogen functional groups attached to an aromatic ring is 1. The van der Waals surface area contributed by atoms with Crippen molar-refractivity contribution in [3.05, 3.63) is 58.9 Å². The van der Waals surface area contributed by atoms with Gasteiger partial charge in [-0.2, -0.15) is 0 Å². The quantitative estimate of drug-likeness (QED) is 0.851. The molecule has 0 heterocycles. The summed E-state index contributed by atoms with van der Waals surface area (Å²) in [5, 5.41) is 0. The molecule has 0 radical (unpaired) electrons. The minimum Gasteiger partial charge on any atom is -0.396 e. The zero-order valence-electron chi connectivity index (χ0n) is 11.6. The minimum absolute atomic E-state index is 0.235. The highest BCUT2D eigenvalue weighted by atomic mass is 19.1. The van der Waals surface area contributed by atoms with Crippen LogP contribution in [0.5, 0.6) is 0 Å². The van der Waals surface area contributed by atoms with Gasteiger partial charge in [-0.15, -0.1) is 0 Å². The SMILES string of the molecule is Cc1cc(C)cc(N(C)Cc2cccc(F)c2N)c1. The Morgan fingerprint density at radius 2 is 1.74 bits per heavy atom. The molecule has 0 fully saturated rings. The molecule has 0 unspecified atom stereocenters. The van der Waals surface area contributed by atoms with Crippen molar-refractivity contribution >= 4 is 11.4 Å². The second-order valence-electron chi connectivity index (χ2n) is 5.01. The summed E-state index contributed by atoms with van der Waals surface area (Å²) in [5.41, 5.74) is 10.4. The molecule has 2 aromatic carbocycles. The highest BCUT2D eigenvalue weighted by Crippen LogP contribution is 2.22. The fraction of sp³-hybridized carbons (Fsp3) is 0.250. The molecule has 0 aliphatic carbocycles. The van der Waals surface area contributed by atoms with Gasteiger partial charge in [0.25, 0.3) is 0 Å². The van der Waals surface area contributed by atoms with E-state index < -0.39 is 0 Å². The molecule has 0 spiro atoms. The van der Waals surface area contributed by atoms with Crippen LogP contribution in [-0.4, -0.2) is 7.05 Å². The first-order chi connectivity index (χ1) is 8.97. The number of benzene rings is 2. The third-order valence-corrected chi connectivity index (χ3v) is 3.20. The second-order valence-corrected chi connectivity index (χ2v) is 5.01. The van der Waals surface area contributed by atoms with Gasteiger partial charge in [0.05, 0.1) is 5.69 Å². The standard InChI is InChI=1S/C16H19FN2/c1-11-7-12(2)9-14(8-11)19(3)10-13-5-4-6-15(17)16(13)18/h4-9H,10,18H2,1-3H3. The van der Waals surface area contributed by atoms with Crippen LogP contribution in [0.15, 0.2) is 36.4 Å². The summed E-state index contributed by atoms with van der Waals surface area (Å²) >= 11 is 0. The maximum absolute atomic E-state index is 13.4. The molecule has 0 saturated carbocycles. The predicted octanol–water partition coefficient (Wildman–Crippen LogP) is 3.66. The normalized spacial score (nSPS) is 10.5. The fourth-order valence-corrected chi connectivity index (χ4v) is 2.24. The summed E-state index contributed by atoms with van der Waals surface area (Å²) in [6.45, 7) is 4.73. The molecule has 3 heteroatoms. The highest BCUT2D eigenvalue weighted by molar-refractivity contribution is 5.54. The van der Waals surface area contributed by atoms with Crippen molar-refractivity contribution < 1.29 is 4.39 Å². The van der Waals surface area contributed by atoms with E-state index in [1.54, 1.807) is 6.07 Å². The maximum atomic E-state index is 13.4. The molecule has 100 valence electrons. The van der Waals surface area contributed by atoms with E-state index in [0.29, 0.717) is 6.54 Å². The molecule has 0 saturated heterocycles. The number of nitrogens with two attached hydrogens (primary N) is 1. The first-order valence-electron chi connectivity index (χ1n) is 6.29. The fourth-order valence-electron chi connectivity index (χ4n) is 2.24. The molecular weight excluding hydrogens is 239 g/mol. The van der Waals surface area contributed by atoms with Crippen molar-refractivity contribution in [2.24, 2.45) is 0 Å². The number of hydrogen-bond acceptors (Lipinski definition) is 2. The minimum atomic E-state index is -0.355. The van der Waals surface area contributed by atoms with Crippen LogP contribution in [0.4, 0.5) is 15.8 Å². The summed E-state index contributed by atoms with van der Waals surface area (Å²) in [7, 11) is 1.98. The Hall–Kier alpha value is -2.03. The van der Waals surface area contributed by atoms with Gasteiger partial charge in [0, 0.05) is 19.3 Å². The first-order valence-corrected chi connectivity index (χ1v) is 6.29. The Balaban J connectivity index is 2.25. The molecule has 0 aliphatic rings. The van der Waals surface area contributed by atoms with Crippen LogP contribution >= 0.6 is 0 Å². The molecular formula is C16H19FN2. The predicted molar refractivity (Wildman–Crippen MR) is 78.8 cm³/mol. The van der Waals surface area contributed by atoms with Gasteiger partial charge in [0.2, 0.25) is 0 Å². The van der Waals surface area contributed by atoms with Gasteiger partial charge >= 0.3 is 0 Å². The van der Waals surface area contributed by atoms with Crippen LogP contribution in [0, 0.1) is 19.7 Å². The molecule has 2 N–H and O–H groups in total. The summed E-state index contributed by atoms with van der Waals surface area (Å²) in [6, 6.07) is 11.3. The van der Waals surface area contributed by atoms with Crippen molar-refractivity contribution in [2.75, 3.05) is 17.7 Å². The molecule has 0 aromatic heterocycles. The van der Waals surface area contributed by atoms with Gasteiger partial charge in [0.15, 0.2) is 0 Å². The molecule has 2 aromatic rings. The molecule has 0 aliphatic heterocycles. The molecule has 0 bridgehead atoms. The third-order valence-electron chi connectivity index (χ3n) is 3.20. The summed E-state index contributed by atoms with van der Waals surface area (Å²) in [4.78, 5) is 2.07. The van der Waals surface area contributed by atoms with Crippen molar-refractivity contribution in [3.8, 4) is 0 Å². The van der Waals surface area contributed by atoms with Crippen LogP contribution in [0.2, 0.25) is 0 Å². The molecule has 0 amide bonds. The second kappa shape index (κ2) is 5.31. The Kier molecular flexibility index (Phi) is 3.74. The van der Waals surface area contributed by atoms with Gasteiger partial charge in [-0.25, -0.2) is 4.39 Å². The van der Waals surface area contributed by atoms with Gasteiger partial charge in [-0.3, -0.25) is 0 Å². The van der Waals surface area contributed by atoms with E-state index in [4.69, 9.17) is 5.73 Å². The van der Waals surface area contributed by atoms with Crippen LogP contribution in [-0.2, 0) is 6.54 Å². The molecule has 19 heavy (non-hydrogen) atoms. The zero-order chi connectivity index (χ0) is 14.0. The van der Waals surface area contributed by atoms with E-state index in [2.05, 4.69) is 36.9 Å². The monoisotopic (exact) mass is 258 g/mol. The van der Waals surface area contributed by atoms with Gasteiger partial charge in [-0.1, -0.05) is 18.2 Å². The zero-order valence-corrected chi connectivity index (χ0v) is 11.6. The maximum Gasteiger partial charge on any atom is 0.146 e. The number of rotatable bonds is 3. The first kappa shape index (κ1) is 13.4. The highest BCUT2D eigenvalue weighted by Gasteiger charge is 2.08. The van der Waals surface area contributed by atoms with E-state index in [0.717, 1.165) is 11.3 Å². The average molecular weight is 258 g/mol. The lowest BCUT2D eigenvalue weighted by molar-refractivity contribution is 0.630. The van der Waals surface area contributed by atoms with Crippen molar-refractivity contribution in [1.29, 1.82) is 0 Å². The number of halogens is 1. The largest absolute Gasteiger partial charge is 0.396 e. The van der Waals surface area contributed by atoms with Crippen LogP contribution in [0.25, 0.3) is 0 Å². The van der Waals surface area contributed by atoms with Crippen LogP contribution in [0.1, 0.15) is 16.7 Å². The van der Waals surface area contributed by atoms with E-state index in [1.807, 2.05) is 13.1 Å². The molecule has 2 nitrogen and oxygen atoms in total. The number of anilines is 2. The van der Waals surface area contributed by atoms with E-state index in [1.165, 1.54) is 17.2 Å². The van der Waals surface area contributed by atoms with E-state index in [-0.39, 0.29) is 11.5 Å². The Morgan fingerprint density at radius 1 is 1.11 bits per heavy atom. The topological polar surface area (TPSA) is 29.3 Å².